The predicted molar refractivity (Wildman–Crippen MR) is 76.2 cm³/mol. The van der Waals surface area contributed by atoms with Gasteiger partial charge < -0.3 is 25.4 Å². The lowest BCUT2D eigenvalue weighted by Crippen LogP contribution is -2.44. The standard InChI is InChI=1S/C13H20BrNO4/c1-13(18,9-16)8-15-6-11(17)7-19-12-4-2-3-10(14)5-12/h2-5,11,15-18H,6-9H2,1H3. The molecular weight excluding hydrogens is 314 g/mol. The summed E-state index contributed by atoms with van der Waals surface area (Å²) in [5.74, 6) is 0.677. The van der Waals surface area contributed by atoms with E-state index in [2.05, 4.69) is 21.2 Å². The smallest absolute Gasteiger partial charge is 0.120 e. The van der Waals surface area contributed by atoms with Crippen LogP contribution in [0.4, 0.5) is 0 Å². The van der Waals surface area contributed by atoms with Gasteiger partial charge in [-0.15, -0.1) is 0 Å². The number of benzene rings is 1. The molecule has 0 aliphatic rings. The first-order valence-corrected chi connectivity index (χ1v) is 6.82. The highest BCUT2D eigenvalue weighted by Crippen LogP contribution is 2.17. The van der Waals surface area contributed by atoms with Crippen LogP contribution in [0, 0.1) is 0 Å². The Morgan fingerprint density at radius 2 is 2.21 bits per heavy atom. The Balaban J connectivity index is 2.23. The number of halogens is 1. The van der Waals surface area contributed by atoms with Crippen molar-refractivity contribution in [1.82, 2.24) is 5.32 Å². The highest BCUT2D eigenvalue weighted by Gasteiger charge is 2.18. The second-order valence-electron chi connectivity index (χ2n) is 4.71. The Hall–Kier alpha value is -0.660. The van der Waals surface area contributed by atoms with Crippen LogP contribution in [0.3, 0.4) is 0 Å². The molecule has 108 valence electrons. The van der Waals surface area contributed by atoms with Crippen molar-refractivity contribution in [3.63, 3.8) is 0 Å². The summed E-state index contributed by atoms with van der Waals surface area (Å²) >= 11 is 3.33. The van der Waals surface area contributed by atoms with Gasteiger partial charge in [0.1, 0.15) is 18.5 Å². The van der Waals surface area contributed by atoms with Crippen molar-refractivity contribution < 1.29 is 20.1 Å². The van der Waals surface area contributed by atoms with Crippen molar-refractivity contribution in [2.45, 2.75) is 18.6 Å². The van der Waals surface area contributed by atoms with E-state index in [1.54, 1.807) is 0 Å². The van der Waals surface area contributed by atoms with Gasteiger partial charge in [-0.2, -0.15) is 0 Å². The third-order valence-corrected chi connectivity index (χ3v) is 2.96. The Labute approximate surface area is 121 Å². The summed E-state index contributed by atoms with van der Waals surface area (Å²) in [7, 11) is 0. The minimum absolute atomic E-state index is 0.157. The van der Waals surface area contributed by atoms with E-state index < -0.39 is 11.7 Å². The zero-order chi connectivity index (χ0) is 14.3. The summed E-state index contributed by atoms with van der Waals surface area (Å²) in [5.41, 5.74) is -1.18. The van der Waals surface area contributed by atoms with Gasteiger partial charge in [0.05, 0.1) is 12.2 Å². The molecule has 0 heterocycles. The zero-order valence-corrected chi connectivity index (χ0v) is 12.4. The van der Waals surface area contributed by atoms with E-state index in [4.69, 9.17) is 9.84 Å². The molecule has 0 fully saturated rings. The molecule has 0 bridgehead atoms. The molecule has 0 aliphatic heterocycles. The Morgan fingerprint density at radius 1 is 1.47 bits per heavy atom. The van der Waals surface area contributed by atoms with Gasteiger partial charge in [0.15, 0.2) is 0 Å². The fourth-order valence-corrected chi connectivity index (χ4v) is 1.75. The molecule has 1 aromatic rings. The quantitative estimate of drug-likeness (QED) is 0.557. The van der Waals surface area contributed by atoms with Crippen molar-refractivity contribution in [2.24, 2.45) is 0 Å². The molecule has 0 saturated heterocycles. The minimum Gasteiger partial charge on any atom is -0.491 e. The lowest BCUT2D eigenvalue weighted by molar-refractivity contribution is -0.000326. The molecular formula is C13H20BrNO4. The lowest BCUT2D eigenvalue weighted by atomic mass is 10.1. The van der Waals surface area contributed by atoms with Crippen molar-refractivity contribution in [2.75, 3.05) is 26.3 Å². The van der Waals surface area contributed by atoms with Gasteiger partial charge in [-0.1, -0.05) is 22.0 Å². The first-order chi connectivity index (χ1) is 8.93. The fraction of sp³-hybridized carbons (Fsp3) is 0.538. The molecule has 2 atom stereocenters. The van der Waals surface area contributed by atoms with Crippen molar-refractivity contribution in [3.8, 4) is 5.75 Å². The molecule has 19 heavy (non-hydrogen) atoms. The average Bonchev–Trinajstić information content (AvgIpc) is 2.36. The van der Waals surface area contributed by atoms with Gasteiger partial charge in [0.2, 0.25) is 0 Å². The van der Waals surface area contributed by atoms with E-state index in [9.17, 15) is 10.2 Å². The van der Waals surface area contributed by atoms with Gasteiger partial charge in [-0.25, -0.2) is 0 Å². The number of hydrogen-bond donors (Lipinski definition) is 4. The number of nitrogens with one attached hydrogen (secondary N) is 1. The van der Waals surface area contributed by atoms with Crippen LogP contribution in [0.25, 0.3) is 0 Å². The van der Waals surface area contributed by atoms with Crippen LogP contribution in [-0.2, 0) is 0 Å². The predicted octanol–water partition coefficient (Wildman–Crippen LogP) is 0.522. The van der Waals surface area contributed by atoms with Crippen LogP contribution in [-0.4, -0.2) is 53.3 Å². The maximum Gasteiger partial charge on any atom is 0.120 e. The van der Waals surface area contributed by atoms with Gasteiger partial charge in [0, 0.05) is 17.6 Å². The second-order valence-corrected chi connectivity index (χ2v) is 5.62. The number of aliphatic hydroxyl groups excluding tert-OH is 2. The monoisotopic (exact) mass is 333 g/mol. The van der Waals surface area contributed by atoms with E-state index >= 15 is 0 Å². The molecule has 0 amide bonds. The SMILES string of the molecule is CC(O)(CO)CNCC(O)COc1cccc(Br)c1. The van der Waals surface area contributed by atoms with E-state index in [-0.39, 0.29) is 26.3 Å². The van der Waals surface area contributed by atoms with Crippen molar-refractivity contribution in [1.29, 1.82) is 0 Å². The topological polar surface area (TPSA) is 82.0 Å². The Morgan fingerprint density at radius 3 is 2.84 bits per heavy atom. The molecule has 0 aliphatic carbocycles. The van der Waals surface area contributed by atoms with E-state index in [0.29, 0.717) is 5.75 Å². The molecule has 2 unspecified atom stereocenters. The van der Waals surface area contributed by atoms with Crippen LogP contribution in [0.2, 0.25) is 0 Å². The number of rotatable bonds is 8. The molecule has 0 aromatic heterocycles. The van der Waals surface area contributed by atoms with Crippen LogP contribution < -0.4 is 10.1 Å². The van der Waals surface area contributed by atoms with Crippen LogP contribution in [0.15, 0.2) is 28.7 Å². The molecule has 1 aromatic carbocycles. The summed E-state index contributed by atoms with van der Waals surface area (Å²) < 4.78 is 6.34. The third-order valence-electron chi connectivity index (χ3n) is 2.46. The summed E-state index contributed by atoms with van der Waals surface area (Å²) in [5, 5.41) is 31.0. The minimum atomic E-state index is -1.18. The van der Waals surface area contributed by atoms with Crippen molar-refractivity contribution in [3.05, 3.63) is 28.7 Å². The van der Waals surface area contributed by atoms with E-state index in [1.165, 1.54) is 6.92 Å². The Kier molecular flexibility index (Phi) is 6.74. The maximum atomic E-state index is 9.71. The van der Waals surface area contributed by atoms with Crippen LogP contribution in [0.1, 0.15) is 6.92 Å². The molecule has 4 N–H and O–H groups in total. The Bertz CT molecular complexity index is 387. The molecule has 6 heteroatoms. The van der Waals surface area contributed by atoms with Gasteiger partial charge in [-0.05, 0) is 25.1 Å². The summed E-state index contributed by atoms with van der Waals surface area (Å²) in [6.07, 6.45) is -0.687. The average molecular weight is 334 g/mol. The first-order valence-electron chi connectivity index (χ1n) is 6.03. The lowest BCUT2D eigenvalue weighted by Gasteiger charge is -2.22. The summed E-state index contributed by atoms with van der Waals surface area (Å²) in [4.78, 5) is 0. The molecule has 0 radical (unpaired) electrons. The van der Waals surface area contributed by atoms with Crippen LogP contribution in [0.5, 0.6) is 5.75 Å². The van der Waals surface area contributed by atoms with Crippen molar-refractivity contribution >= 4 is 15.9 Å². The summed E-state index contributed by atoms with van der Waals surface area (Å²) in [6.45, 7) is 1.83. The van der Waals surface area contributed by atoms with Crippen LogP contribution >= 0.6 is 15.9 Å². The van der Waals surface area contributed by atoms with Gasteiger partial charge in [-0.3, -0.25) is 0 Å². The molecule has 0 spiro atoms. The normalized spacial score (nSPS) is 15.8. The largest absolute Gasteiger partial charge is 0.491 e. The maximum absolute atomic E-state index is 9.71. The number of hydrogen-bond acceptors (Lipinski definition) is 5. The third kappa shape index (κ3) is 6.89. The van der Waals surface area contributed by atoms with Gasteiger partial charge >= 0.3 is 0 Å². The number of ether oxygens (including phenoxy) is 1. The highest BCUT2D eigenvalue weighted by atomic mass is 79.9. The highest BCUT2D eigenvalue weighted by molar-refractivity contribution is 9.10. The van der Waals surface area contributed by atoms with Gasteiger partial charge in [0.25, 0.3) is 0 Å². The fourth-order valence-electron chi connectivity index (χ4n) is 1.37. The molecule has 0 saturated carbocycles. The molecule has 1 rings (SSSR count). The molecule has 5 nitrogen and oxygen atoms in total. The zero-order valence-electron chi connectivity index (χ0n) is 10.8. The summed E-state index contributed by atoms with van der Waals surface area (Å²) in [6, 6.07) is 7.36. The second kappa shape index (κ2) is 7.81. The first kappa shape index (κ1) is 16.4. The van der Waals surface area contributed by atoms with E-state index in [0.717, 1.165) is 4.47 Å². The number of aliphatic hydroxyl groups is 3. The van der Waals surface area contributed by atoms with E-state index in [1.807, 2.05) is 24.3 Å².